The summed E-state index contributed by atoms with van der Waals surface area (Å²) in [4.78, 5) is 110. The number of rotatable bonds is 9. The number of likely N-dealkylation sites (N-methyl/N-ethyl adjacent to an activating group) is 1. The van der Waals surface area contributed by atoms with Gasteiger partial charge in [0.15, 0.2) is 34.7 Å². The number of fused-ring (bicyclic) bond motifs is 3. The highest BCUT2D eigenvalue weighted by Crippen LogP contribution is 2.52. The molecular formula is C38H43F2N5O12. The van der Waals surface area contributed by atoms with E-state index in [1.54, 1.807) is 19.0 Å². The SMILES string of the molecule is CN(C)c1cc(NC(=O)CN(C(=O)OCOC(=O)c2c(F)cccc2F)C(C)(C)C)c(O)c2c1C[C@H]1C[C@H]3[C@H](N(C)C)C(=O)C(C(N)=O)C(=O)[C@@]3(O)C(=O)C1C2=O. The third kappa shape index (κ3) is 7.32. The summed E-state index contributed by atoms with van der Waals surface area (Å²) in [6.45, 7) is 2.81. The Morgan fingerprint density at radius 3 is 2.16 bits per heavy atom. The first-order valence-corrected chi connectivity index (χ1v) is 17.7. The maximum Gasteiger partial charge on any atom is 0.413 e. The van der Waals surface area contributed by atoms with E-state index in [4.69, 9.17) is 15.2 Å². The minimum Gasteiger partial charge on any atom is -0.505 e. The lowest BCUT2D eigenvalue weighted by molar-refractivity contribution is -0.181. The molecule has 0 bridgehead atoms. The zero-order chi connectivity index (χ0) is 42.6. The number of phenols is 1. The van der Waals surface area contributed by atoms with Crippen LogP contribution in [-0.4, -0.2) is 126 Å². The molecule has 3 amide bonds. The van der Waals surface area contributed by atoms with Crippen LogP contribution in [0.4, 0.5) is 25.0 Å². The largest absolute Gasteiger partial charge is 0.505 e. The van der Waals surface area contributed by atoms with Gasteiger partial charge in [-0.1, -0.05) is 6.07 Å². The number of carbonyl (C=O) groups is 8. The van der Waals surface area contributed by atoms with Gasteiger partial charge in [-0.25, -0.2) is 18.4 Å². The van der Waals surface area contributed by atoms with Crippen molar-refractivity contribution in [2.45, 2.75) is 50.8 Å². The number of nitrogens with zero attached hydrogens (tertiary/aromatic N) is 3. The van der Waals surface area contributed by atoms with E-state index in [1.807, 2.05) is 0 Å². The Kier molecular flexibility index (Phi) is 11.3. The second-order valence-electron chi connectivity index (χ2n) is 15.7. The first-order chi connectivity index (χ1) is 26.4. The summed E-state index contributed by atoms with van der Waals surface area (Å²) in [5, 5.41) is 25.9. The predicted octanol–water partition coefficient (Wildman–Crippen LogP) is 1.20. The lowest BCUT2D eigenvalue weighted by Gasteiger charge is -2.52. The Morgan fingerprint density at radius 2 is 1.61 bits per heavy atom. The molecular weight excluding hydrogens is 756 g/mol. The van der Waals surface area contributed by atoms with Crippen molar-refractivity contribution in [1.29, 1.82) is 0 Å². The summed E-state index contributed by atoms with van der Waals surface area (Å²) < 4.78 is 37.6. The smallest absolute Gasteiger partial charge is 0.413 e. The minimum atomic E-state index is -2.93. The summed E-state index contributed by atoms with van der Waals surface area (Å²) in [6.07, 6.45) is -1.36. The van der Waals surface area contributed by atoms with E-state index >= 15 is 0 Å². The maximum atomic E-state index is 14.3. The maximum absolute atomic E-state index is 14.3. The van der Waals surface area contributed by atoms with Crippen LogP contribution in [0.5, 0.6) is 5.75 Å². The molecule has 0 aromatic heterocycles. The molecule has 6 atom stereocenters. The topological polar surface area (TPSA) is 243 Å². The molecule has 0 saturated heterocycles. The van der Waals surface area contributed by atoms with Crippen molar-refractivity contribution in [3.63, 3.8) is 0 Å². The molecule has 17 nitrogen and oxygen atoms in total. The number of phenolic OH excluding ortho intramolecular Hbond substituents is 1. The Labute approximate surface area is 325 Å². The van der Waals surface area contributed by atoms with Crippen molar-refractivity contribution in [3.05, 3.63) is 52.6 Å². The Hall–Kier alpha value is -5.82. The number of primary amides is 1. The molecule has 0 spiro atoms. The third-order valence-corrected chi connectivity index (χ3v) is 10.7. The Bertz CT molecular complexity index is 2080. The first-order valence-electron chi connectivity index (χ1n) is 17.7. The second kappa shape index (κ2) is 15.3. The van der Waals surface area contributed by atoms with E-state index in [2.05, 4.69) is 5.32 Å². The number of Topliss-reactive ketones (excluding diaryl/α,β-unsaturated/α-hetero) is 4. The molecule has 2 saturated carbocycles. The van der Waals surface area contributed by atoms with Crippen LogP contribution in [-0.2, 0) is 39.9 Å². The van der Waals surface area contributed by atoms with E-state index < -0.39 is 124 Å². The summed E-state index contributed by atoms with van der Waals surface area (Å²) >= 11 is 0. The molecule has 2 aromatic carbocycles. The van der Waals surface area contributed by atoms with Crippen molar-refractivity contribution >= 4 is 58.4 Å². The molecule has 57 heavy (non-hydrogen) atoms. The summed E-state index contributed by atoms with van der Waals surface area (Å²) in [7, 11) is 6.20. The molecule has 0 heterocycles. The molecule has 3 aliphatic rings. The highest BCUT2D eigenvalue weighted by molar-refractivity contribution is 6.32. The highest BCUT2D eigenvalue weighted by Gasteiger charge is 2.69. The number of halogens is 2. The number of hydrogen-bond acceptors (Lipinski definition) is 14. The second-order valence-corrected chi connectivity index (χ2v) is 15.7. The van der Waals surface area contributed by atoms with Gasteiger partial charge < -0.3 is 35.6 Å². The fraction of sp³-hybridized carbons (Fsp3) is 0.474. The monoisotopic (exact) mass is 799 g/mol. The number of benzene rings is 2. The Morgan fingerprint density at radius 1 is 1.00 bits per heavy atom. The number of ketones is 4. The molecule has 3 aliphatic carbocycles. The molecule has 5 N–H and O–H groups in total. The first kappa shape index (κ1) is 42.3. The average molecular weight is 800 g/mol. The van der Waals surface area contributed by atoms with Gasteiger partial charge in [0.25, 0.3) is 0 Å². The van der Waals surface area contributed by atoms with Crippen LogP contribution in [0.2, 0.25) is 0 Å². The number of amides is 3. The van der Waals surface area contributed by atoms with Crippen LogP contribution in [0.3, 0.4) is 0 Å². The molecule has 0 aliphatic heterocycles. The van der Waals surface area contributed by atoms with E-state index in [-0.39, 0.29) is 29.7 Å². The van der Waals surface area contributed by atoms with Crippen molar-refractivity contribution in [1.82, 2.24) is 9.80 Å². The normalized spacial score (nSPS) is 24.2. The molecule has 5 rings (SSSR count). The van der Waals surface area contributed by atoms with Crippen LogP contribution in [0.1, 0.15) is 53.5 Å². The molecule has 19 heteroatoms. The summed E-state index contributed by atoms with van der Waals surface area (Å²) in [5.41, 5.74) is 0.279. The number of hydrogen-bond donors (Lipinski definition) is 4. The number of esters is 1. The van der Waals surface area contributed by atoms with E-state index in [0.717, 1.165) is 23.1 Å². The predicted molar refractivity (Wildman–Crippen MR) is 194 cm³/mol. The number of carbonyl (C=O) groups excluding carboxylic acids is 8. The quantitative estimate of drug-likeness (QED) is 0.121. The van der Waals surface area contributed by atoms with Crippen LogP contribution in [0, 0.1) is 35.3 Å². The van der Waals surface area contributed by atoms with E-state index in [9.17, 15) is 57.4 Å². The number of aromatic hydroxyl groups is 1. The zero-order valence-electron chi connectivity index (χ0n) is 32.2. The zero-order valence-corrected chi connectivity index (χ0v) is 32.2. The fourth-order valence-electron chi connectivity index (χ4n) is 8.03. The highest BCUT2D eigenvalue weighted by atomic mass is 19.1. The standard InChI is InChI=1S/C38H43F2N5O12/c1-37(2,3)45(36(54)57-15-56-35(53)26-19(39)9-8-10-20(26)40)14-23(46)42-21-13-22(43(4)5)17-11-16-12-18-28(44(6)7)31(49)27(34(41)52)33(51)38(18,55)32(50)24(16)30(48)25(17)29(21)47/h8-10,13,16,18,24,27-28,47,55H,11-12,14-15H2,1-7H3,(H2,41,52)(H,42,46)/t16-,18-,24?,27?,28-,38-/m0/s1. The average Bonchev–Trinajstić information content (AvgIpc) is 3.08. The van der Waals surface area contributed by atoms with Crippen LogP contribution in [0.15, 0.2) is 24.3 Å². The molecule has 306 valence electrons. The number of anilines is 2. The van der Waals surface area contributed by atoms with Gasteiger partial charge >= 0.3 is 12.1 Å². The van der Waals surface area contributed by atoms with Gasteiger partial charge in [-0.2, -0.15) is 0 Å². The van der Waals surface area contributed by atoms with Crippen LogP contribution >= 0.6 is 0 Å². The lowest BCUT2D eigenvalue weighted by atomic mass is 9.52. The fourth-order valence-corrected chi connectivity index (χ4v) is 8.03. The van der Waals surface area contributed by atoms with Gasteiger partial charge in [0, 0.05) is 31.2 Å². The van der Waals surface area contributed by atoms with Crippen molar-refractivity contribution in [3.8, 4) is 5.75 Å². The summed E-state index contributed by atoms with van der Waals surface area (Å²) in [5.74, 6) is -17.3. The van der Waals surface area contributed by atoms with E-state index in [1.165, 1.54) is 45.8 Å². The van der Waals surface area contributed by atoms with Gasteiger partial charge in [-0.05, 0) is 77.4 Å². The third-order valence-electron chi connectivity index (χ3n) is 10.7. The number of ether oxygens (including phenoxy) is 2. The minimum absolute atomic E-state index is 0.0289. The van der Waals surface area contributed by atoms with Crippen molar-refractivity contribution in [2.24, 2.45) is 29.4 Å². The lowest BCUT2D eigenvalue weighted by Crippen LogP contribution is -2.74. The van der Waals surface area contributed by atoms with Gasteiger partial charge in [-0.15, -0.1) is 0 Å². The molecule has 2 unspecified atom stereocenters. The van der Waals surface area contributed by atoms with Gasteiger partial charge in [-0.3, -0.25) is 38.6 Å². The van der Waals surface area contributed by atoms with Gasteiger partial charge in [0.2, 0.25) is 18.6 Å². The van der Waals surface area contributed by atoms with Crippen LogP contribution < -0.4 is 16.0 Å². The molecule has 2 aromatic rings. The van der Waals surface area contributed by atoms with E-state index in [0.29, 0.717) is 5.69 Å². The van der Waals surface area contributed by atoms with Crippen molar-refractivity contribution < 1.29 is 66.8 Å². The summed E-state index contributed by atoms with van der Waals surface area (Å²) in [6, 6.07) is 2.81. The number of aliphatic hydroxyl groups is 1. The number of nitrogens with one attached hydrogen (secondary N) is 1. The van der Waals surface area contributed by atoms with Gasteiger partial charge in [0.05, 0.1) is 23.2 Å². The molecule has 2 fully saturated rings. The number of nitrogens with two attached hydrogens (primary N) is 1. The van der Waals surface area contributed by atoms with Crippen LogP contribution in [0.25, 0.3) is 0 Å². The van der Waals surface area contributed by atoms with Crippen molar-refractivity contribution in [2.75, 3.05) is 51.7 Å². The van der Waals surface area contributed by atoms with Gasteiger partial charge in [0.1, 0.15) is 29.5 Å². The Balaban J connectivity index is 1.41. The molecule has 0 radical (unpaired) electrons.